The molecule has 0 saturated carbocycles. The lowest BCUT2D eigenvalue weighted by atomic mass is 10.3. The van der Waals surface area contributed by atoms with Crippen molar-refractivity contribution in [2.75, 3.05) is 19.8 Å². The first-order chi connectivity index (χ1) is 10.0. The summed E-state index contributed by atoms with van der Waals surface area (Å²) >= 11 is 0. The van der Waals surface area contributed by atoms with Crippen molar-refractivity contribution in [3.05, 3.63) is 33.7 Å². The molecule has 1 heterocycles. The Hall–Kier alpha value is -1.62. The topological polar surface area (TPSA) is 60.3 Å². The zero-order chi connectivity index (χ0) is 15.7. The highest BCUT2D eigenvalue weighted by molar-refractivity contribution is 5.75. The molecular weight excluding hydrogens is 268 g/mol. The maximum absolute atomic E-state index is 11.9. The van der Waals surface area contributed by atoms with Crippen LogP contribution in [0.15, 0.2) is 16.9 Å². The fourth-order valence-corrected chi connectivity index (χ4v) is 2.09. The minimum atomic E-state index is -0.0431. The van der Waals surface area contributed by atoms with E-state index >= 15 is 0 Å². The summed E-state index contributed by atoms with van der Waals surface area (Å²) in [7, 11) is 0. The number of carbonyl (C=O) groups is 1. The molecule has 1 aromatic rings. The third-order valence-electron chi connectivity index (χ3n) is 3.29. The van der Waals surface area contributed by atoms with Gasteiger partial charge in [0.1, 0.15) is 6.54 Å². The van der Waals surface area contributed by atoms with E-state index in [1.165, 1.54) is 0 Å². The zero-order valence-electron chi connectivity index (χ0n) is 13.3. The van der Waals surface area contributed by atoms with Crippen LogP contribution in [0.2, 0.25) is 0 Å². The van der Waals surface area contributed by atoms with E-state index in [2.05, 4.69) is 12.2 Å². The van der Waals surface area contributed by atoms with Crippen molar-refractivity contribution in [3.8, 4) is 0 Å². The van der Waals surface area contributed by atoms with Gasteiger partial charge in [0.2, 0.25) is 5.91 Å². The summed E-state index contributed by atoms with van der Waals surface area (Å²) in [6, 6.07) is 3.09. The van der Waals surface area contributed by atoms with Gasteiger partial charge in [0.15, 0.2) is 5.43 Å². The highest BCUT2D eigenvalue weighted by atomic mass is 16.5. The molecule has 0 bridgehead atoms. The lowest BCUT2D eigenvalue weighted by Crippen LogP contribution is -2.30. The summed E-state index contributed by atoms with van der Waals surface area (Å²) in [5, 5.41) is 2.87. The van der Waals surface area contributed by atoms with E-state index in [4.69, 9.17) is 4.74 Å². The summed E-state index contributed by atoms with van der Waals surface area (Å²) in [6.07, 6.45) is 3.03. The van der Waals surface area contributed by atoms with Gasteiger partial charge in [-0.15, -0.1) is 0 Å². The van der Waals surface area contributed by atoms with Gasteiger partial charge >= 0.3 is 0 Å². The lowest BCUT2D eigenvalue weighted by molar-refractivity contribution is -0.121. The van der Waals surface area contributed by atoms with Crippen molar-refractivity contribution in [3.63, 3.8) is 0 Å². The molecule has 5 nitrogen and oxygen atoms in total. The van der Waals surface area contributed by atoms with Gasteiger partial charge in [-0.25, -0.2) is 0 Å². The number of ether oxygens (including phenoxy) is 1. The van der Waals surface area contributed by atoms with E-state index in [1.54, 1.807) is 12.1 Å². The standard InChI is InChI=1S/C16H26N2O3/c1-4-5-8-21-9-6-7-17-16(20)12-18-13(2)10-15(19)11-14(18)3/h10-11H,4-9,12H2,1-3H3,(H,17,20). The van der Waals surface area contributed by atoms with Crippen LogP contribution in [-0.2, 0) is 16.1 Å². The normalized spacial score (nSPS) is 10.6. The second kappa shape index (κ2) is 9.34. The Morgan fingerprint density at radius 3 is 2.43 bits per heavy atom. The summed E-state index contributed by atoms with van der Waals surface area (Å²) in [5.41, 5.74) is 1.59. The molecular formula is C16H26N2O3. The Balaban J connectivity index is 2.30. The molecule has 0 aromatic carbocycles. The lowest BCUT2D eigenvalue weighted by Gasteiger charge is -2.14. The van der Waals surface area contributed by atoms with Gasteiger partial charge in [0.25, 0.3) is 0 Å². The first-order valence-corrected chi connectivity index (χ1v) is 7.57. The maximum atomic E-state index is 11.9. The largest absolute Gasteiger partial charge is 0.381 e. The number of carbonyl (C=O) groups excluding carboxylic acids is 1. The van der Waals surface area contributed by atoms with Crippen LogP contribution in [0.1, 0.15) is 37.6 Å². The molecule has 1 rings (SSSR count). The third kappa shape index (κ3) is 6.58. The number of nitrogens with zero attached hydrogens (tertiary/aromatic N) is 1. The number of aromatic nitrogens is 1. The van der Waals surface area contributed by atoms with Crippen molar-refractivity contribution in [2.45, 2.75) is 46.6 Å². The number of rotatable bonds is 9. The summed E-state index contributed by atoms with van der Waals surface area (Å²) in [5.74, 6) is -0.0431. The minimum absolute atomic E-state index is 0.0223. The van der Waals surface area contributed by atoms with E-state index in [0.29, 0.717) is 13.2 Å². The Bertz CT molecular complexity index is 482. The highest BCUT2D eigenvalue weighted by Crippen LogP contribution is 2.01. The fraction of sp³-hybridized carbons (Fsp3) is 0.625. The van der Waals surface area contributed by atoms with E-state index in [0.717, 1.165) is 37.3 Å². The highest BCUT2D eigenvalue weighted by Gasteiger charge is 2.06. The molecule has 1 amide bonds. The average molecular weight is 294 g/mol. The number of unbranched alkanes of at least 4 members (excludes halogenated alkanes) is 1. The Morgan fingerprint density at radius 2 is 1.81 bits per heavy atom. The van der Waals surface area contributed by atoms with Gasteiger partial charge < -0.3 is 14.6 Å². The Kier molecular flexibility index (Phi) is 7.75. The van der Waals surface area contributed by atoms with Crippen molar-refractivity contribution in [1.82, 2.24) is 9.88 Å². The molecule has 0 saturated heterocycles. The van der Waals surface area contributed by atoms with Gasteiger partial charge in [-0.05, 0) is 26.7 Å². The quantitative estimate of drug-likeness (QED) is 0.706. The van der Waals surface area contributed by atoms with Gasteiger partial charge in [-0.2, -0.15) is 0 Å². The molecule has 0 spiro atoms. The second-order valence-corrected chi connectivity index (χ2v) is 5.23. The van der Waals surface area contributed by atoms with Crippen molar-refractivity contribution < 1.29 is 9.53 Å². The molecule has 0 radical (unpaired) electrons. The van der Waals surface area contributed by atoms with Crippen LogP contribution >= 0.6 is 0 Å². The van der Waals surface area contributed by atoms with E-state index in [-0.39, 0.29) is 17.9 Å². The Morgan fingerprint density at radius 1 is 1.19 bits per heavy atom. The number of pyridine rings is 1. The predicted octanol–water partition coefficient (Wildman–Crippen LogP) is 1.79. The Labute approximate surface area is 126 Å². The number of hydrogen-bond acceptors (Lipinski definition) is 3. The number of aryl methyl sites for hydroxylation is 2. The monoisotopic (exact) mass is 294 g/mol. The molecule has 118 valence electrons. The molecule has 1 aromatic heterocycles. The number of hydrogen-bond donors (Lipinski definition) is 1. The molecule has 21 heavy (non-hydrogen) atoms. The van der Waals surface area contributed by atoms with Gasteiger partial charge in [-0.1, -0.05) is 13.3 Å². The SMILES string of the molecule is CCCCOCCCNC(=O)Cn1c(C)cc(=O)cc1C. The molecule has 5 heteroatoms. The molecule has 0 aliphatic rings. The molecule has 1 N–H and O–H groups in total. The van der Waals surface area contributed by atoms with E-state index < -0.39 is 0 Å². The molecule has 0 aliphatic carbocycles. The molecule has 0 fully saturated rings. The van der Waals surface area contributed by atoms with Crippen LogP contribution in [0.4, 0.5) is 0 Å². The fourth-order valence-electron chi connectivity index (χ4n) is 2.09. The second-order valence-electron chi connectivity index (χ2n) is 5.23. The van der Waals surface area contributed by atoms with Gasteiger partial charge in [0.05, 0.1) is 0 Å². The van der Waals surface area contributed by atoms with E-state index in [9.17, 15) is 9.59 Å². The van der Waals surface area contributed by atoms with Gasteiger partial charge in [0, 0.05) is 43.3 Å². The van der Waals surface area contributed by atoms with Crippen molar-refractivity contribution >= 4 is 5.91 Å². The first kappa shape index (κ1) is 17.4. The smallest absolute Gasteiger partial charge is 0.239 e. The van der Waals surface area contributed by atoms with Crippen LogP contribution in [0.3, 0.4) is 0 Å². The predicted molar refractivity (Wildman–Crippen MR) is 83.5 cm³/mol. The van der Waals surface area contributed by atoms with Crippen molar-refractivity contribution in [2.24, 2.45) is 0 Å². The van der Waals surface area contributed by atoms with Crippen LogP contribution < -0.4 is 10.7 Å². The first-order valence-electron chi connectivity index (χ1n) is 7.57. The third-order valence-corrected chi connectivity index (χ3v) is 3.29. The van der Waals surface area contributed by atoms with Crippen LogP contribution in [0, 0.1) is 13.8 Å². The zero-order valence-corrected chi connectivity index (χ0v) is 13.3. The van der Waals surface area contributed by atoms with Gasteiger partial charge in [-0.3, -0.25) is 9.59 Å². The maximum Gasteiger partial charge on any atom is 0.239 e. The molecule has 0 unspecified atom stereocenters. The van der Waals surface area contributed by atoms with E-state index in [1.807, 2.05) is 18.4 Å². The summed E-state index contributed by atoms with van der Waals surface area (Å²) < 4.78 is 7.28. The van der Waals surface area contributed by atoms with Crippen LogP contribution in [0.25, 0.3) is 0 Å². The van der Waals surface area contributed by atoms with Crippen molar-refractivity contribution in [1.29, 1.82) is 0 Å². The van der Waals surface area contributed by atoms with Crippen LogP contribution in [0.5, 0.6) is 0 Å². The summed E-state index contributed by atoms with van der Waals surface area (Å²) in [4.78, 5) is 23.2. The summed E-state index contributed by atoms with van der Waals surface area (Å²) in [6.45, 7) is 8.13. The molecule has 0 atom stereocenters. The number of nitrogens with one attached hydrogen (secondary N) is 1. The van der Waals surface area contributed by atoms with Crippen LogP contribution in [-0.4, -0.2) is 30.2 Å². The minimum Gasteiger partial charge on any atom is -0.381 e. The number of amides is 1. The molecule has 0 aliphatic heterocycles. The average Bonchev–Trinajstić information content (AvgIpc) is 2.42.